The monoisotopic (exact) mass is 340 g/mol. The van der Waals surface area contributed by atoms with E-state index in [1.165, 1.54) is 0 Å². The lowest BCUT2D eigenvalue weighted by molar-refractivity contribution is -0.143. The van der Waals surface area contributed by atoms with Crippen LogP contribution in [0.3, 0.4) is 0 Å². The molecule has 2 atom stereocenters. The molecule has 2 aromatic rings. The number of carbonyl (C=O) groups excluding carboxylic acids is 3. The molecule has 1 heterocycles. The summed E-state index contributed by atoms with van der Waals surface area (Å²) in [5.74, 6) is -1.58. The first-order valence-electron chi connectivity index (χ1n) is 7.81. The maximum Gasteiger partial charge on any atom is 0.338 e. The van der Waals surface area contributed by atoms with E-state index in [1.807, 2.05) is 0 Å². The van der Waals surface area contributed by atoms with Crippen molar-refractivity contribution < 1.29 is 28.6 Å². The Morgan fingerprint density at radius 1 is 0.920 bits per heavy atom. The Kier molecular flexibility index (Phi) is 5.09. The molecule has 0 spiro atoms. The quantitative estimate of drug-likeness (QED) is 0.614. The molecule has 0 aliphatic carbocycles. The predicted octanol–water partition coefficient (Wildman–Crippen LogP) is 2.38. The van der Waals surface area contributed by atoms with Crippen molar-refractivity contribution in [1.29, 1.82) is 0 Å². The van der Waals surface area contributed by atoms with E-state index < -0.39 is 30.1 Å². The third-order valence-electron chi connectivity index (χ3n) is 3.72. The topological polar surface area (TPSA) is 78.9 Å². The van der Waals surface area contributed by atoms with Crippen molar-refractivity contribution in [3.05, 3.63) is 71.8 Å². The number of benzene rings is 2. The molecule has 0 N–H and O–H groups in total. The van der Waals surface area contributed by atoms with Gasteiger partial charge in [0.15, 0.2) is 12.2 Å². The second-order valence-electron chi connectivity index (χ2n) is 5.51. The van der Waals surface area contributed by atoms with Gasteiger partial charge in [-0.05, 0) is 24.3 Å². The summed E-state index contributed by atoms with van der Waals surface area (Å²) in [6.45, 7) is -0.174. The van der Waals surface area contributed by atoms with Gasteiger partial charge < -0.3 is 14.2 Å². The SMILES string of the molecule is O=C1C[C@H](OC(=O)c2ccccc2)[C@@H](COC(=O)c2ccccc2)O1. The minimum atomic E-state index is -0.812. The summed E-state index contributed by atoms with van der Waals surface area (Å²) < 4.78 is 15.6. The Balaban J connectivity index is 1.59. The summed E-state index contributed by atoms with van der Waals surface area (Å²) in [4.78, 5) is 35.6. The molecule has 1 aliphatic rings. The van der Waals surface area contributed by atoms with Gasteiger partial charge in [0.2, 0.25) is 0 Å². The molecule has 0 bridgehead atoms. The summed E-state index contributed by atoms with van der Waals surface area (Å²) in [6.07, 6.45) is -1.66. The van der Waals surface area contributed by atoms with Gasteiger partial charge in [-0.3, -0.25) is 4.79 Å². The molecule has 0 saturated carbocycles. The van der Waals surface area contributed by atoms with E-state index in [2.05, 4.69) is 0 Å². The van der Waals surface area contributed by atoms with Crippen LogP contribution in [0.25, 0.3) is 0 Å². The van der Waals surface area contributed by atoms with Gasteiger partial charge in [-0.15, -0.1) is 0 Å². The van der Waals surface area contributed by atoms with Crippen molar-refractivity contribution in [2.24, 2.45) is 0 Å². The molecule has 0 aromatic heterocycles. The van der Waals surface area contributed by atoms with E-state index in [4.69, 9.17) is 14.2 Å². The Bertz CT molecular complexity index is 756. The fourth-order valence-corrected chi connectivity index (χ4v) is 2.44. The Morgan fingerprint density at radius 2 is 1.48 bits per heavy atom. The number of hydrogen-bond donors (Lipinski definition) is 0. The first-order valence-corrected chi connectivity index (χ1v) is 7.81. The molecule has 0 amide bonds. The first kappa shape index (κ1) is 16.7. The standard InChI is InChI=1S/C19H16O6/c20-17-11-15(25-19(22)14-9-5-2-6-10-14)16(24-17)12-23-18(21)13-7-3-1-4-8-13/h1-10,15-16H,11-12H2/t15-,16+/m0/s1. The molecule has 2 aromatic carbocycles. The van der Waals surface area contributed by atoms with E-state index in [-0.39, 0.29) is 13.0 Å². The lowest BCUT2D eigenvalue weighted by Crippen LogP contribution is -2.32. The molecule has 6 heteroatoms. The molecule has 0 unspecified atom stereocenters. The molecule has 1 aliphatic heterocycles. The largest absolute Gasteiger partial charge is 0.458 e. The highest BCUT2D eigenvalue weighted by Gasteiger charge is 2.39. The summed E-state index contributed by atoms with van der Waals surface area (Å²) in [5, 5.41) is 0. The van der Waals surface area contributed by atoms with Gasteiger partial charge in [0, 0.05) is 0 Å². The molecule has 6 nitrogen and oxygen atoms in total. The van der Waals surface area contributed by atoms with Crippen LogP contribution in [0.2, 0.25) is 0 Å². The normalized spacial score (nSPS) is 19.1. The molecule has 1 saturated heterocycles. The number of cyclic esters (lactones) is 1. The van der Waals surface area contributed by atoms with Gasteiger partial charge in [0.05, 0.1) is 17.5 Å². The van der Waals surface area contributed by atoms with Crippen molar-refractivity contribution >= 4 is 17.9 Å². The van der Waals surface area contributed by atoms with Crippen molar-refractivity contribution in [3.8, 4) is 0 Å². The van der Waals surface area contributed by atoms with Crippen LogP contribution < -0.4 is 0 Å². The Morgan fingerprint density at radius 3 is 2.08 bits per heavy atom. The van der Waals surface area contributed by atoms with Gasteiger partial charge in [-0.2, -0.15) is 0 Å². The number of rotatable bonds is 5. The van der Waals surface area contributed by atoms with Crippen LogP contribution in [0.1, 0.15) is 27.1 Å². The van der Waals surface area contributed by atoms with Crippen molar-refractivity contribution in [2.75, 3.05) is 6.61 Å². The maximum atomic E-state index is 12.1. The second kappa shape index (κ2) is 7.61. The fourth-order valence-electron chi connectivity index (χ4n) is 2.44. The molecular weight excluding hydrogens is 324 g/mol. The van der Waals surface area contributed by atoms with Crippen LogP contribution in [-0.4, -0.2) is 36.7 Å². The summed E-state index contributed by atoms with van der Waals surface area (Å²) in [5.41, 5.74) is 0.770. The summed E-state index contributed by atoms with van der Waals surface area (Å²) in [7, 11) is 0. The first-order chi connectivity index (χ1) is 12.1. The van der Waals surface area contributed by atoms with E-state index in [0.29, 0.717) is 11.1 Å². The molecule has 0 radical (unpaired) electrons. The Hall–Kier alpha value is -3.15. The zero-order chi connectivity index (χ0) is 17.6. The lowest BCUT2D eigenvalue weighted by Gasteiger charge is -2.18. The molecule has 25 heavy (non-hydrogen) atoms. The highest BCUT2D eigenvalue weighted by Crippen LogP contribution is 2.21. The van der Waals surface area contributed by atoms with Gasteiger partial charge in [0.1, 0.15) is 6.61 Å². The minimum Gasteiger partial charge on any atom is -0.458 e. The number of ether oxygens (including phenoxy) is 3. The zero-order valence-electron chi connectivity index (χ0n) is 13.3. The van der Waals surface area contributed by atoms with Crippen LogP contribution in [0.15, 0.2) is 60.7 Å². The van der Waals surface area contributed by atoms with Crippen molar-refractivity contribution in [1.82, 2.24) is 0 Å². The van der Waals surface area contributed by atoms with E-state index in [0.717, 1.165) is 0 Å². The van der Waals surface area contributed by atoms with E-state index >= 15 is 0 Å². The predicted molar refractivity (Wildman–Crippen MR) is 86.9 cm³/mol. The number of esters is 3. The molecular formula is C19H16O6. The third-order valence-corrected chi connectivity index (χ3v) is 3.72. The maximum absolute atomic E-state index is 12.1. The van der Waals surface area contributed by atoms with Gasteiger partial charge in [-0.1, -0.05) is 36.4 Å². The van der Waals surface area contributed by atoms with E-state index in [9.17, 15) is 14.4 Å². The molecule has 3 rings (SSSR count). The number of carbonyl (C=O) groups is 3. The van der Waals surface area contributed by atoms with E-state index in [1.54, 1.807) is 60.7 Å². The number of hydrogen-bond acceptors (Lipinski definition) is 6. The van der Waals surface area contributed by atoms with Gasteiger partial charge >= 0.3 is 17.9 Å². The summed E-state index contributed by atoms with van der Waals surface area (Å²) >= 11 is 0. The van der Waals surface area contributed by atoms with Crippen molar-refractivity contribution in [2.45, 2.75) is 18.6 Å². The van der Waals surface area contributed by atoms with Gasteiger partial charge in [0.25, 0.3) is 0 Å². The third kappa shape index (κ3) is 4.23. The molecule has 128 valence electrons. The highest BCUT2D eigenvalue weighted by molar-refractivity contribution is 5.90. The second-order valence-corrected chi connectivity index (χ2v) is 5.51. The van der Waals surface area contributed by atoms with Crippen molar-refractivity contribution in [3.63, 3.8) is 0 Å². The minimum absolute atomic E-state index is 0.0634. The highest BCUT2D eigenvalue weighted by atomic mass is 16.6. The van der Waals surface area contributed by atoms with Crippen LogP contribution in [0, 0.1) is 0 Å². The van der Waals surface area contributed by atoms with Crippen LogP contribution >= 0.6 is 0 Å². The Labute approximate surface area is 144 Å². The lowest BCUT2D eigenvalue weighted by atomic mass is 10.2. The molecule has 1 fully saturated rings. The average molecular weight is 340 g/mol. The van der Waals surface area contributed by atoms with Crippen LogP contribution in [0.4, 0.5) is 0 Å². The fraction of sp³-hybridized carbons (Fsp3) is 0.211. The smallest absolute Gasteiger partial charge is 0.338 e. The van der Waals surface area contributed by atoms with Crippen LogP contribution in [-0.2, 0) is 19.0 Å². The summed E-state index contributed by atoms with van der Waals surface area (Å²) in [6, 6.07) is 16.9. The van der Waals surface area contributed by atoms with Crippen LogP contribution in [0.5, 0.6) is 0 Å². The average Bonchev–Trinajstić information content (AvgIpc) is 3.00. The zero-order valence-corrected chi connectivity index (χ0v) is 13.3. The van der Waals surface area contributed by atoms with Gasteiger partial charge in [-0.25, -0.2) is 9.59 Å².